The van der Waals surface area contributed by atoms with Gasteiger partial charge in [-0.1, -0.05) is 120 Å². The lowest BCUT2D eigenvalue weighted by molar-refractivity contribution is 0.415. The Morgan fingerprint density at radius 3 is 1.56 bits per heavy atom. The second kappa shape index (κ2) is 24.1. The van der Waals surface area contributed by atoms with Crippen molar-refractivity contribution in [3.8, 4) is 0 Å². The Kier molecular flexibility index (Phi) is 26.4. The van der Waals surface area contributed by atoms with Crippen molar-refractivity contribution < 1.29 is 0 Å². The lowest BCUT2D eigenvalue weighted by atomic mass is 9.95. The van der Waals surface area contributed by atoms with E-state index in [1.165, 1.54) is 48.0 Å². The minimum atomic E-state index is 0.797. The minimum absolute atomic E-state index is 0.797. The van der Waals surface area contributed by atoms with Crippen molar-refractivity contribution in [3.63, 3.8) is 0 Å². The first-order chi connectivity index (χ1) is 15.0. The number of allylic oxidation sites excluding steroid dienone is 6. The molecule has 2 unspecified atom stereocenters. The fourth-order valence-electron chi connectivity index (χ4n) is 2.32. The maximum Gasteiger partial charge on any atom is 0.0406 e. The van der Waals surface area contributed by atoms with E-state index in [1.807, 2.05) is 45.1 Å². The monoisotopic (exact) mass is 460 g/mol. The van der Waals surface area contributed by atoms with Crippen LogP contribution in [0.25, 0.3) is 5.57 Å². The van der Waals surface area contributed by atoms with Gasteiger partial charge >= 0.3 is 0 Å². The molecule has 0 saturated heterocycles. The molecule has 2 atom stereocenters. The van der Waals surface area contributed by atoms with Crippen LogP contribution in [-0.4, -0.2) is 0 Å². The van der Waals surface area contributed by atoms with Crippen LogP contribution in [0.1, 0.15) is 107 Å². The molecule has 1 aromatic rings. The van der Waals surface area contributed by atoms with Crippen molar-refractivity contribution in [3.05, 3.63) is 77.4 Å². The zero-order valence-corrected chi connectivity index (χ0v) is 23.8. The molecule has 0 aliphatic carbocycles. The summed E-state index contributed by atoms with van der Waals surface area (Å²) in [6.45, 7) is 28.7. The number of hydrogen-bond acceptors (Lipinski definition) is 0. The Balaban J connectivity index is -0.000000391. The number of benzene rings is 1. The summed E-state index contributed by atoms with van der Waals surface area (Å²) >= 11 is 5.81. The number of halogens is 1. The molecule has 0 heterocycles. The van der Waals surface area contributed by atoms with Crippen LogP contribution >= 0.6 is 11.6 Å². The standard InChI is InChI=1S/C12H15Cl.C10H22.C5H8.C4H8/c1-4-9(2)10(3)11-5-7-12(13)8-6-11;1-5-9(3)7-8-10(4)6-2;1-3-5-4-2;1-4(2)3/h5-8H,4H2,1-3H3;9-10H,5-8H2,1-4H3;3-5H,1H2,2H3;1H2,2-3H3/b10-9-;;5-4-;. The molecule has 32 heavy (non-hydrogen) atoms. The van der Waals surface area contributed by atoms with Gasteiger partial charge in [-0.3, -0.25) is 0 Å². The SMILES string of the molecule is C=C(C)C.C=C/C=C\C.CC/C(C)=C(/C)c1ccc(Cl)cc1.CCC(C)CCC(C)CC. The fourth-order valence-corrected chi connectivity index (χ4v) is 2.45. The Morgan fingerprint density at radius 1 is 0.906 bits per heavy atom. The summed E-state index contributed by atoms with van der Waals surface area (Å²) in [5, 5.41) is 0.797. The third-order valence-corrected chi connectivity index (χ3v) is 5.57. The molecule has 0 aliphatic rings. The summed E-state index contributed by atoms with van der Waals surface area (Å²) in [6, 6.07) is 8.00. The quantitative estimate of drug-likeness (QED) is 0.267. The van der Waals surface area contributed by atoms with E-state index < -0.39 is 0 Å². The first kappa shape index (κ1) is 35.1. The van der Waals surface area contributed by atoms with Gasteiger partial charge in [-0.2, -0.15) is 0 Å². The normalized spacial score (nSPS) is 12.6. The van der Waals surface area contributed by atoms with E-state index in [2.05, 4.69) is 73.8 Å². The summed E-state index contributed by atoms with van der Waals surface area (Å²) in [7, 11) is 0. The van der Waals surface area contributed by atoms with Gasteiger partial charge in [0.2, 0.25) is 0 Å². The highest BCUT2D eigenvalue weighted by Gasteiger charge is 2.02. The Bertz CT molecular complexity index is 617. The fraction of sp³-hybridized carbons (Fsp3) is 0.548. The van der Waals surface area contributed by atoms with Crippen LogP contribution < -0.4 is 0 Å². The van der Waals surface area contributed by atoms with Crippen molar-refractivity contribution in [2.75, 3.05) is 0 Å². The molecule has 0 aliphatic heterocycles. The molecule has 0 aromatic heterocycles. The van der Waals surface area contributed by atoms with Crippen LogP contribution in [0.15, 0.2) is 66.8 Å². The van der Waals surface area contributed by atoms with Crippen molar-refractivity contribution in [1.82, 2.24) is 0 Å². The molecule has 1 aromatic carbocycles. The zero-order valence-electron chi connectivity index (χ0n) is 23.0. The van der Waals surface area contributed by atoms with Crippen molar-refractivity contribution in [2.45, 2.75) is 101 Å². The molecule has 0 bridgehead atoms. The molecule has 0 nitrogen and oxygen atoms in total. The van der Waals surface area contributed by atoms with E-state index in [4.69, 9.17) is 11.6 Å². The van der Waals surface area contributed by atoms with Gasteiger partial charge in [-0.05, 0) is 76.1 Å². The van der Waals surface area contributed by atoms with Gasteiger partial charge in [0.1, 0.15) is 0 Å². The van der Waals surface area contributed by atoms with Gasteiger partial charge in [0.25, 0.3) is 0 Å². The topological polar surface area (TPSA) is 0 Å². The maximum atomic E-state index is 5.81. The Labute approximate surface area is 207 Å². The van der Waals surface area contributed by atoms with E-state index in [0.717, 1.165) is 23.3 Å². The summed E-state index contributed by atoms with van der Waals surface area (Å²) < 4.78 is 0. The highest BCUT2D eigenvalue weighted by Crippen LogP contribution is 2.21. The van der Waals surface area contributed by atoms with Gasteiger partial charge in [0.15, 0.2) is 0 Å². The second-order valence-corrected chi connectivity index (χ2v) is 9.27. The van der Waals surface area contributed by atoms with Crippen LogP contribution in [0.4, 0.5) is 0 Å². The van der Waals surface area contributed by atoms with E-state index in [9.17, 15) is 0 Å². The molecule has 1 rings (SSSR count). The second-order valence-electron chi connectivity index (χ2n) is 8.84. The largest absolute Gasteiger partial charge is 0.100 e. The van der Waals surface area contributed by atoms with Gasteiger partial charge in [0.05, 0.1) is 0 Å². The molecule has 1 heteroatoms. The molecule has 0 N–H and O–H groups in total. The first-order valence-corrected chi connectivity index (χ1v) is 12.7. The highest BCUT2D eigenvalue weighted by molar-refractivity contribution is 6.30. The first-order valence-electron chi connectivity index (χ1n) is 12.3. The van der Waals surface area contributed by atoms with E-state index >= 15 is 0 Å². The van der Waals surface area contributed by atoms with Crippen LogP contribution in [0.2, 0.25) is 5.02 Å². The molecule has 0 spiro atoms. The van der Waals surface area contributed by atoms with Crippen molar-refractivity contribution >= 4 is 17.2 Å². The van der Waals surface area contributed by atoms with Crippen molar-refractivity contribution in [1.29, 1.82) is 0 Å². The smallest absolute Gasteiger partial charge is 0.0406 e. The summed E-state index contributed by atoms with van der Waals surface area (Å²) in [4.78, 5) is 0. The van der Waals surface area contributed by atoms with Crippen LogP contribution in [-0.2, 0) is 0 Å². The lowest BCUT2D eigenvalue weighted by Gasteiger charge is -2.11. The molecular weight excluding hydrogens is 408 g/mol. The minimum Gasteiger partial charge on any atom is -0.100 e. The van der Waals surface area contributed by atoms with Crippen LogP contribution in [0.5, 0.6) is 0 Å². The zero-order chi connectivity index (χ0) is 25.5. The molecule has 0 saturated carbocycles. The van der Waals surface area contributed by atoms with E-state index in [1.54, 1.807) is 6.08 Å². The molecule has 0 radical (unpaired) electrons. The highest BCUT2D eigenvalue weighted by atomic mass is 35.5. The average molecular weight is 461 g/mol. The molecule has 0 amide bonds. The number of hydrogen-bond donors (Lipinski definition) is 0. The summed E-state index contributed by atoms with van der Waals surface area (Å²) in [6.07, 6.45) is 12.2. The lowest BCUT2D eigenvalue weighted by Crippen LogP contribution is -1.97. The van der Waals surface area contributed by atoms with E-state index in [0.29, 0.717) is 0 Å². The van der Waals surface area contributed by atoms with Gasteiger partial charge in [-0.15, -0.1) is 6.58 Å². The Morgan fingerprint density at radius 2 is 1.31 bits per heavy atom. The molecule has 0 fully saturated rings. The predicted octanol–water partition coefficient (Wildman–Crippen LogP) is 11.7. The van der Waals surface area contributed by atoms with Crippen LogP contribution in [0.3, 0.4) is 0 Å². The summed E-state index contributed by atoms with van der Waals surface area (Å²) in [5.74, 6) is 1.88. The van der Waals surface area contributed by atoms with Crippen molar-refractivity contribution in [2.24, 2.45) is 11.8 Å². The van der Waals surface area contributed by atoms with Crippen LogP contribution in [0, 0.1) is 11.8 Å². The third kappa shape index (κ3) is 24.7. The number of rotatable bonds is 8. The Hall–Kier alpha value is -1.53. The average Bonchev–Trinajstić information content (AvgIpc) is 2.77. The molecular formula is C31H53Cl. The van der Waals surface area contributed by atoms with Gasteiger partial charge in [-0.25, -0.2) is 0 Å². The maximum absolute atomic E-state index is 5.81. The third-order valence-electron chi connectivity index (χ3n) is 5.32. The van der Waals surface area contributed by atoms with Gasteiger partial charge < -0.3 is 0 Å². The van der Waals surface area contributed by atoms with E-state index in [-0.39, 0.29) is 0 Å². The van der Waals surface area contributed by atoms with Gasteiger partial charge in [0, 0.05) is 5.02 Å². The predicted molar refractivity (Wildman–Crippen MR) is 154 cm³/mol. The summed E-state index contributed by atoms with van der Waals surface area (Å²) in [5.41, 5.74) is 5.23. The molecule has 184 valence electrons.